The Morgan fingerprint density at radius 3 is 2.72 bits per heavy atom. The molecule has 2 amide bonds. The summed E-state index contributed by atoms with van der Waals surface area (Å²) >= 11 is 0. The molecule has 1 saturated heterocycles. The third kappa shape index (κ3) is 4.99. The Morgan fingerprint density at radius 1 is 1.40 bits per heavy atom. The molecule has 2 rings (SSSR count). The summed E-state index contributed by atoms with van der Waals surface area (Å²) in [6, 6.07) is 3.99. The van der Waals surface area contributed by atoms with Gasteiger partial charge in [0.05, 0.1) is 12.7 Å². The smallest absolute Gasteiger partial charge is 0.323 e. The molecule has 1 aromatic rings. The Labute approximate surface area is 145 Å². The molecular weight excluding hydrogens is 331 g/mol. The van der Waals surface area contributed by atoms with Crippen molar-refractivity contribution in [2.24, 2.45) is 0 Å². The van der Waals surface area contributed by atoms with Crippen LogP contribution in [-0.4, -0.2) is 71.6 Å². The first-order valence-corrected chi connectivity index (χ1v) is 7.92. The lowest BCUT2D eigenvalue weighted by molar-refractivity contribution is -0.145. The molecule has 1 N–H and O–H groups in total. The van der Waals surface area contributed by atoms with Crippen molar-refractivity contribution in [2.75, 3.05) is 32.8 Å². The lowest BCUT2D eigenvalue weighted by Crippen LogP contribution is -2.51. The summed E-state index contributed by atoms with van der Waals surface area (Å²) < 4.78 is 18.8. The minimum atomic E-state index is -1.11. The summed E-state index contributed by atoms with van der Waals surface area (Å²) in [4.78, 5) is 37.8. The molecule has 0 radical (unpaired) electrons. The average Bonchev–Trinajstić information content (AvgIpc) is 2.53. The van der Waals surface area contributed by atoms with E-state index in [4.69, 9.17) is 9.84 Å². The van der Waals surface area contributed by atoms with Crippen LogP contribution in [0.1, 0.15) is 22.8 Å². The lowest BCUT2D eigenvalue weighted by atomic mass is 10.1. The predicted octanol–water partition coefficient (Wildman–Crippen LogP) is 0.908. The van der Waals surface area contributed by atoms with E-state index < -0.39 is 24.4 Å². The van der Waals surface area contributed by atoms with Crippen LogP contribution >= 0.6 is 0 Å². The fraction of sp³-hybridized carbons (Fsp3) is 0.471. The van der Waals surface area contributed by atoms with Gasteiger partial charge in [0.15, 0.2) is 0 Å². The third-order valence-corrected chi connectivity index (χ3v) is 4.04. The van der Waals surface area contributed by atoms with Crippen molar-refractivity contribution >= 4 is 17.8 Å². The molecule has 1 aliphatic heterocycles. The molecule has 0 spiro atoms. The van der Waals surface area contributed by atoms with E-state index >= 15 is 0 Å². The first-order valence-electron chi connectivity index (χ1n) is 7.92. The molecule has 136 valence electrons. The summed E-state index contributed by atoms with van der Waals surface area (Å²) in [5, 5.41) is 8.87. The van der Waals surface area contributed by atoms with Crippen molar-refractivity contribution in [3.05, 3.63) is 35.1 Å². The maximum Gasteiger partial charge on any atom is 0.323 e. The Hall–Kier alpha value is -2.48. The number of aryl methyl sites for hydroxylation is 1. The van der Waals surface area contributed by atoms with Gasteiger partial charge in [-0.2, -0.15) is 0 Å². The van der Waals surface area contributed by atoms with Crippen LogP contribution in [0.5, 0.6) is 0 Å². The largest absolute Gasteiger partial charge is 0.480 e. The van der Waals surface area contributed by atoms with Crippen LogP contribution in [0, 0.1) is 12.7 Å². The minimum absolute atomic E-state index is 0.0911. The van der Waals surface area contributed by atoms with E-state index in [-0.39, 0.29) is 31.5 Å². The number of hydrogen-bond donors (Lipinski definition) is 1. The number of nitrogens with zero attached hydrogens (tertiary/aromatic N) is 2. The van der Waals surface area contributed by atoms with Crippen LogP contribution in [0.4, 0.5) is 4.39 Å². The zero-order chi connectivity index (χ0) is 18.6. The van der Waals surface area contributed by atoms with E-state index in [1.54, 1.807) is 11.8 Å². The second-order valence-electron chi connectivity index (χ2n) is 6.00. The number of hydrogen-bond acceptors (Lipinski definition) is 4. The number of carbonyl (C=O) groups is 3. The van der Waals surface area contributed by atoms with Gasteiger partial charge in [-0.1, -0.05) is 0 Å². The molecule has 0 aliphatic carbocycles. The SMILES string of the molecule is CC(=O)N(CC(=O)O)CC1CN(C(=O)c2ccc(F)cc2C)CCO1. The summed E-state index contributed by atoms with van der Waals surface area (Å²) in [5.41, 5.74) is 0.959. The number of benzene rings is 1. The maximum atomic E-state index is 13.2. The topological polar surface area (TPSA) is 87.2 Å². The summed E-state index contributed by atoms with van der Waals surface area (Å²) in [6.45, 7) is 3.53. The van der Waals surface area contributed by atoms with Crippen LogP contribution in [0.2, 0.25) is 0 Å². The highest BCUT2D eigenvalue weighted by Gasteiger charge is 2.28. The Bertz CT molecular complexity index is 679. The van der Waals surface area contributed by atoms with Gasteiger partial charge >= 0.3 is 5.97 Å². The third-order valence-electron chi connectivity index (χ3n) is 4.04. The van der Waals surface area contributed by atoms with Crippen molar-refractivity contribution in [1.29, 1.82) is 0 Å². The van der Waals surface area contributed by atoms with Crippen LogP contribution in [0.3, 0.4) is 0 Å². The molecule has 1 aliphatic rings. The van der Waals surface area contributed by atoms with Gasteiger partial charge < -0.3 is 19.6 Å². The molecule has 0 saturated carbocycles. The molecule has 25 heavy (non-hydrogen) atoms. The van der Waals surface area contributed by atoms with Gasteiger partial charge in [-0.15, -0.1) is 0 Å². The number of carboxylic acid groups (broad SMARTS) is 1. The standard InChI is InChI=1S/C17H21FN2O5/c1-11-7-13(18)3-4-15(11)17(24)19-5-6-25-14(8-19)9-20(12(2)21)10-16(22)23/h3-4,7,14H,5-6,8-10H2,1-2H3,(H,22,23). The Morgan fingerprint density at radius 2 is 2.12 bits per heavy atom. The van der Waals surface area contributed by atoms with E-state index in [9.17, 15) is 18.8 Å². The van der Waals surface area contributed by atoms with E-state index in [1.165, 1.54) is 30.0 Å². The van der Waals surface area contributed by atoms with E-state index in [2.05, 4.69) is 0 Å². The Kier molecular flexibility index (Phi) is 6.08. The monoisotopic (exact) mass is 352 g/mol. The molecule has 1 atom stereocenters. The van der Waals surface area contributed by atoms with Crippen molar-refractivity contribution in [3.63, 3.8) is 0 Å². The van der Waals surface area contributed by atoms with Crippen LogP contribution in [-0.2, 0) is 14.3 Å². The molecule has 0 bridgehead atoms. The number of aliphatic carboxylic acids is 1. The number of amides is 2. The lowest BCUT2D eigenvalue weighted by Gasteiger charge is -2.35. The summed E-state index contributed by atoms with van der Waals surface area (Å²) in [6.07, 6.45) is -0.471. The van der Waals surface area contributed by atoms with Crippen molar-refractivity contribution in [2.45, 2.75) is 20.0 Å². The van der Waals surface area contributed by atoms with Gasteiger partial charge in [-0.05, 0) is 30.7 Å². The predicted molar refractivity (Wildman–Crippen MR) is 86.7 cm³/mol. The van der Waals surface area contributed by atoms with E-state index in [0.29, 0.717) is 17.7 Å². The second-order valence-corrected chi connectivity index (χ2v) is 6.00. The van der Waals surface area contributed by atoms with Gasteiger partial charge in [0, 0.05) is 32.1 Å². The number of halogens is 1. The molecule has 1 fully saturated rings. The van der Waals surface area contributed by atoms with Crippen molar-refractivity contribution < 1.29 is 28.6 Å². The normalized spacial score (nSPS) is 17.2. The fourth-order valence-electron chi connectivity index (χ4n) is 2.77. The molecule has 8 heteroatoms. The molecule has 1 aromatic carbocycles. The van der Waals surface area contributed by atoms with Gasteiger partial charge in [0.1, 0.15) is 12.4 Å². The molecule has 0 aromatic heterocycles. The van der Waals surface area contributed by atoms with Gasteiger partial charge in [-0.3, -0.25) is 14.4 Å². The highest BCUT2D eigenvalue weighted by Crippen LogP contribution is 2.16. The number of morpholine rings is 1. The van der Waals surface area contributed by atoms with Gasteiger partial charge in [0.25, 0.3) is 5.91 Å². The zero-order valence-corrected chi connectivity index (χ0v) is 14.2. The fourth-order valence-corrected chi connectivity index (χ4v) is 2.77. The number of carbonyl (C=O) groups excluding carboxylic acids is 2. The van der Waals surface area contributed by atoms with Crippen LogP contribution in [0.25, 0.3) is 0 Å². The summed E-state index contributed by atoms with van der Waals surface area (Å²) in [7, 11) is 0. The second kappa shape index (κ2) is 8.06. The zero-order valence-electron chi connectivity index (χ0n) is 14.2. The molecular formula is C17H21FN2O5. The first-order chi connectivity index (χ1) is 11.8. The highest BCUT2D eigenvalue weighted by atomic mass is 19.1. The molecule has 1 unspecified atom stereocenters. The highest BCUT2D eigenvalue weighted by molar-refractivity contribution is 5.95. The van der Waals surface area contributed by atoms with Crippen molar-refractivity contribution in [1.82, 2.24) is 9.80 Å². The van der Waals surface area contributed by atoms with Gasteiger partial charge in [-0.25, -0.2) is 4.39 Å². The van der Waals surface area contributed by atoms with E-state index in [1.807, 2.05) is 0 Å². The Balaban J connectivity index is 2.05. The molecule has 7 nitrogen and oxygen atoms in total. The van der Waals surface area contributed by atoms with Crippen LogP contribution in [0.15, 0.2) is 18.2 Å². The minimum Gasteiger partial charge on any atom is -0.480 e. The van der Waals surface area contributed by atoms with Crippen LogP contribution < -0.4 is 0 Å². The molecule has 1 heterocycles. The number of carboxylic acids is 1. The average molecular weight is 352 g/mol. The first kappa shape index (κ1) is 18.9. The maximum absolute atomic E-state index is 13.2. The van der Waals surface area contributed by atoms with E-state index in [0.717, 1.165) is 0 Å². The quantitative estimate of drug-likeness (QED) is 0.851. The number of rotatable bonds is 5. The summed E-state index contributed by atoms with van der Waals surface area (Å²) in [5.74, 6) is -2.12. The number of ether oxygens (including phenoxy) is 1. The van der Waals surface area contributed by atoms with Crippen molar-refractivity contribution in [3.8, 4) is 0 Å². The van der Waals surface area contributed by atoms with Gasteiger partial charge in [0.2, 0.25) is 5.91 Å².